The van der Waals surface area contributed by atoms with Crippen LogP contribution in [0.1, 0.15) is 31.2 Å². The molecule has 0 saturated heterocycles. The first-order valence-electron chi connectivity index (χ1n) is 8.09. The summed E-state index contributed by atoms with van der Waals surface area (Å²) < 4.78 is 3.28. The van der Waals surface area contributed by atoms with E-state index >= 15 is 0 Å². The van der Waals surface area contributed by atoms with Gasteiger partial charge in [0.15, 0.2) is 0 Å². The van der Waals surface area contributed by atoms with Gasteiger partial charge in [0.2, 0.25) is 0 Å². The lowest BCUT2D eigenvalue weighted by Crippen LogP contribution is -2.22. The van der Waals surface area contributed by atoms with Gasteiger partial charge in [-0.25, -0.2) is 4.98 Å². The first kappa shape index (κ1) is 18.0. The van der Waals surface area contributed by atoms with Crippen LogP contribution in [0, 0.1) is 0 Å². The Morgan fingerprint density at radius 2 is 1.84 bits per heavy atom. The van der Waals surface area contributed by atoms with E-state index < -0.39 is 0 Å². The normalized spacial score (nSPS) is 11.5. The third-order valence-electron chi connectivity index (χ3n) is 3.82. The molecule has 4 nitrogen and oxygen atoms in total. The molecule has 2 aromatic carbocycles. The number of aryl methyl sites for hydroxylation is 1. The molecule has 0 amide bonds. The second kappa shape index (κ2) is 8.06. The summed E-state index contributed by atoms with van der Waals surface area (Å²) in [5.41, 5.74) is 1.48. The van der Waals surface area contributed by atoms with Gasteiger partial charge in [0.05, 0.1) is 17.1 Å². The van der Waals surface area contributed by atoms with Gasteiger partial charge in [0, 0.05) is 15.4 Å². The van der Waals surface area contributed by atoms with Crippen LogP contribution in [-0.2, 0) is 6.42 Å². The van der Waals surface area contributed by atoms with Gasteiger partial charge in [0.25, 0.3) is 5.56 Å². The molecule has 0 N–H and O–H groups in total. The van der Waals surface area contributed by atoms with E-state index in [1.807, 2.05) is 36.4 Å². The number of nitrogens with zero attached hydrogens (tertiary/aromatic N) is 3. The van der Waals surface area contributed by atoms with E-state index in [4.69, 9.17) is 0 Å². The summed E-state index contributed by atoms with van der Waals surface area (Å²) in [6.45, 7) is 2.12. The number of halogens is 2. The Morgan fingerprint density at radius 1 is 1.12 bits per heavy atom. The number of unbranched alkanes of at least 4 members (excludes halogenated alkanes) is 1. The molecule has 3 aromatic rings. The van der Waals surface area contributed by atoms with Crippen molar-refractivity contribution in [2.24, 2.45) is 5.10 Å². The molecule has 0 atom stereocenters. The Bertz CT molecular complexity index is 978. The molecule has 3 rings (SSSR count). The highest BCUT2D eigenvalue weighted by molar-refractivity contribution is 9.10. The summed E-state index contributed by atoms with van der Waals surface area (Å²) >= 11 is 6.83. The van der Waals surface area contributed by atoms with Crippen LogP contribution in [-0.4, -0.2) is 15.9 Å². The van der Waals surface area contributed by atoms with Gasteiger partial charge in [-0.2, -0.15) is 9.78 Å². The molecule has 6 heteroatoms. The monoisotopic (exact) mass is 461 g/mol. The van der Waals surface area contributed by atoms with Crippen molar-refractivity contribution < 1.29 is 0 Å². The van der Waals surface area contributed by atoms with Crippen molar-refractivity contribution in [1.82, 2.24) is 9.66 Å². The maximum Gasteiger partial charge on any atom is 0.282 e. The van der Waals surface area contributed by atoms with Crippen molar-refractivity contribution in [2.75, 3.05) is 0 Å². The van der Waals surface area contributed by atoms with E-state index in [1.165, 1.54) is 4.68 Å². The molecule has 0 bridgehead atoms. The fourth-order valence-corrected chi connectivity index (χ4v) is 3.11. The minimum absolute atomic E-state index is 0.147. The second-order valence-corrected chi connectivity index (χ2v) is 7.54. The first-order chi connectivity index (χ1) is 12.1. The number of benzene rings is 2. The Balaban J connectivity index is 2.11. The zero-order valence-electron chi connectivity index (χ0n) is 13.7. The van der Waals surface area contributed by atoms with Crippen LogP contribution in [0.25, 0.3) is 10.9 Å². The Labute approximate surface area is 162 Å². The Hall–Kier alpha value is -1.79. The predicted octanol–water partition coefficient (Wildman–Crippen LogP) is 5.15. The van der Waals surface area contributed by atoms with Crippen molar-refractivity contribution in [2.45, 2.75) is 26.2 Å². The van der Waals surface area contributed by atoms with Crippen LogP contribution in [0.15, 0.2) is 61.3 Å². The van der Waals surface area contributed by atoms with Crippen molar-refractivity contribution >= 4 is 49.0 Å². The lowest BCUT2D eigenvalue weighted by atomic mass is 10.2. The molecule has 0 fully saturated rings. The highest BCUT2D eigenvalue weighted by Gasteiger charge is 2.10. The van der Waals surface area contributed by atoms with Crippen LogP contribution in [0.2, 0.25) is 0 Å². The van der Waals surface area contributed by atoms with Crippen LogP contribution < -0.4 is 5.56 Å². The third-order valence-corrected chi connectivity index (χ3v) is 4.84. The molecule has 25 heavy (non-hydrogen) atoms. The molecular formula is C19H17Br2N3O. The minimum Gasteiger partial charge on any atom is -0.267 e. The molecule has 128 valence electrons. The maximum absolute atomic E-state index is 12.9. The summed E-state index contributed by atoms with van der Waals surface area (Å²) in [5, 5.41) is 4.98. The molecule has 1 heterocycles. The lowest BCUT2D eigenvalue weighted by Gasteiger charge is -2.09. The molecule has 0 unspecified atom stereocenters. The lowest BCUT2D eigenvalue weighted by molar-refractivity contribution is 0.675. The summed E-state index contributed by atoms with van der Waals surface area (Å²) in [4.78, 5) is 17.6. The zero-order valence-corrected chi connectivity index (χ0v) is 16.9. The average Bonchev–Trinajstić information content (AvgIpc) is 2.61. The molecule has 0 aliphatic carbocycles. The largest absolute Gasteiger partial charge is 0.282 e. The molecule has 0 spiro atoms. The van der Waals surface area contributed by atoms with Crippen molar-refractivity contribution in [3.05, 3.63) is 73.2 Å². The number of rotatable bonds is 5. The van der Waals surface area contributed by atoms with E-state index in [1.54, 1.807) is 12.3 Å². The average molecular weight is 463 g/mol. The van der Waals surface area contributed by atoms with Gasteiger partial charge in [0.1, 0.15) is 5.82 Å². The number of hydrogen-bond acceptors (Lipinski definition) is 3. The van der Waals surface area contributed by atoms with Crippen molar-refractivity contribution in [3.63, 3.8) is 0 Å². The van der Waals surface area contributed by atoms with E-state index in [0.717, 1.165) is 33.8 Å². The standard InChI is InChI=1S/C19H17Br2N3O/c1-2-3-4-18-23-17-10-9-15(21)11-16(17)19(25)24(18)22-12-13-5-7-14(20)8-6-13/h5-12H,2-4H2,1H3. The highest BCUT2D eigenvalue weighted by Crippen LogP contribution is 2.17. The zero-order chi connectivity index (χ0) is 17.8. The molecule has 1 aromatic heterocycles. The maximum atomic E-state index is 12.9. The molecule has 0 saturated carbocycles. The number of fused-ring (bicyclic) bond motifs is 1. The Morgan fingerprint density at radius 3 is 2.56 bits per heavy atom. The van der Waals surface area contributed by atoms with Gasteiger partial charge >= 0.3 is 0 Å². The van der Waals surface area contributed by atoms with Crippen molar-refractivity contribution in [3.8, 4) is 0 Å². The summed E-state index contributed by atoms with van der Waals surface area (Å²) in [6, 6.07) is 13.3. The van der Waals surface area contributed by atoms with Crippen LogP contribution in [0.5, 0.6) is 0 Å². The summed E-state index contributed by atoms with van der Waals surface area (Å²) in [6.07, 6.45) is 4.40. The SMILES string of the molecule is CCCCc1nc2ccc(Br)cc2c(=O)n1N=Cc1ccc(Br)cc1. The van der Waals surface area contributed by atoms with Gasteiger partial charge < -0.3 is 0 Å². The summed E-state index contributed by atoms with van der Waals surface area (Å²) in [5.74, 6) is 0.690. The third kappa shape index (κ3) is 4.25. The molecule has 0 radical (unpaired) electrons. The van der Waals surface area contributed by atoms with Gasteiger partial charge in [-0.15, -0.1) is 0 Å². The van der Waals surface area contributed by atoms with Crippen LogP contribution in [0.3, 0.4) is 0 Å². The van der Waals surface area contributed by atoms with Crippen LogP contribution >= 0.6 is 31.9 Å². The van der Waals surface area contributed by atoms with Gasteiger partial charge in [-0.3, -0.25) is 4.79 Å². The molecular weight excluding hydrogens is 446 g/mol. The van der Waals surface area contributed by atoms with E-state index in [9.17, 15) is 4.79 Å². The fraction of sp³-hybridized carbons (Fsp3) is 0.211. The smallest absolute Gasteiger partial charge is 0.267 e. The topological polar surface area (TPSA) is 47.2 Å². The van der Waals surface area contributed by atoms with E-state index in [2.05, 4.69) is 48.9 Å². The number of hydrogen-bond donors (Lipinski definition) is 0. The first-order valence-corrected chi connectivity index (χ1v) is 9.68. The van der Waals surface area contributed by atoms with Gasteiger partial charge in [-0.05, 0) is 42.3 Å². The molecule has 0 aliphatic rings. The fourth-order valence-electron chi connectivity index (χ4n) is 2.48. The van der Waals surface area contributed by atoms with E-state index in [-0.39, 0.29) is 5.56 Å². The van der Waals surface area contributed by atoms with E-state index in [0.29, 0.717) is 16.7 Å². The highest BCUT2D eigenvalue weighted by atomic mass is 79.9. The van der Waals surface area contributed by atoms with Gasteiger partial charge in [-0.1, -0.05) is 57.3 Å². The second-order valence-electron chi connectivity index (χ2n) is 5.71. The quantitative estimate of drug-likeness (QED) is 0.492. The predicted molar refractivity (Wildman–Crippen MR) is 109 cm³/mol. The number of aromatic nitrogens is 2. The molecule has 0 aliphatic heterocycles. The van der Waals surface area contributed by atoms with Crippen molar-refractivity contribution in [1.29, 1.82) is 0 Å². The Kier molecular flexibility index (Phi) is 5.81. The van der Waals surface area contributed by atoms with Crippen LogP contribution in [0.4, 0.5) is 0 Å². The summed E-state index contributed by atoms with van der Waals surface area (Å²) in [7, 11) is 0. The minimum atomic E-state index is -0.147.